The number of piperidine rings is 1. The van der Waals surface area contributed by atoms with Gasteiger partial charge in [-0.2, -0.15) is 5.10 Å². The van der Waals surface area contributed by atoms with Crippen LogP contribution in [0.2, 0.25) is 0 Å². The molecule has 7 heteroatoms. The average molecular weight is 237 g/mol. The zero-order chi connectivity index (χ0) is 12.4. The molecule has 0 aromatic carbocycles. The summed E-state index contributed by atoms with van der Waals surface area (Å²) in [6.45, 7) is 0.966. The summed E-state index contributed by atoms with van der Waals surface area (Å²) in [5.41, 5.74) is 11.5. The van der Waals surface area contributed by atoms with E-state index in [4.69, 9.17) is 11.5 Å². The third-order valence-corrected chi connectivity index (χ3v) is 2.99. The maximum Gasteiger partial charge on any atom is 0.274 e. The minimum atomic E-state index is -0.361. The highest BCUT2D eigenvalue weighted by Gasteiger charge is 2.28. The smallest absolute Gasteiger partial charge is 0.274 e. The first-order valence-electron chi connectivity index (χ1n) is 5.47. The lowest BCUT2D eigenvalue weighted by atomic mass is 9.97. The van der Waals surface area contributed by atoms with Crippen molar-refractivity contribution in [1.29, 1.82) is 0 Å². The number of amides is 2. The lowest BCUT2D eigenvalue weighted by Gasteiger charge is -2.30. The van der Waals surface area contributed by atoms with E-state index < -0.39 is 0 Å². The molecule has 0 aliphatic carbocycles. The number of nitrogens with two attached hydrogens (primary N) is 2. The van der Waals surface area contributed by atoms with Crippen LogP contribution in [0.25, 0.3) is 0 Å². The number of primary amides is 1. The number of carbonyl (C=O) groups excluding carboxylic acids is 2. The number of aromatic nitrogens is 2. The molecule has 1 aliphatic heterocycles. The van der Waals surface area contributed by atoms with E-state index in [0.717, 1.165) is 12.8 Å². The number of H-pyrrole nitrogens is 1. The lowest BCUT2D eigenvalue weighted by molar-refractivity contribution is -0.123. The molecule has 2 amide bonds. The number of nitrogen functional groups attached to an aromatic ring is 1. The second kappa shape index (κ2) is 4.44. The Balaban J connectivity index is 2.10. The van der Waals surface area contributed by atoms with Gasteiger partial charge in [0.15, 0.2) is 0 Å². The first-order valence-corrected chi connectivity index (χ1v) is 5.47. The Morgan fingerprint density at radius 2 is 2.29 bits per heavy atom. The molecule has 5 N–H and O–H groups in total. The van der Waals surface area contributed by atoms with Gasteiger partial charge in [0.05, 0.1) is 17.8 Å². The summed E-state index contributed by atoms with van der Waals surface area (Å²) in [7, 11) is 0. The predicted octanol–water partition coefficient (Wildman–Crippen LogP) is -0.671. The van der Waals surface area contributed by atoms with E-state index in [2.05, 4.69) is 10.2 Å². The Morgan fingerprint density at radius 1 is 1.53 bits per heavy atom. The highest BCUT2D eigenvalue weighted by molar-refractivity contribution is 5.97. The van der Waals surface area contributed by atoms with E-state index >= 15 is 0 Å². The monoisotopic (exact) mass is 237 g/mol. The van der Waals surface area contributed by atoms with Crippen LogP contribution in [0.3, 0.4) is 0 Å². The molecule has 0 spiro atoms. The molecule has 0 radical (unpaired) electrons. The number of aromatic amines is 1. The molecule has 1 aromatic rings. The molecule has 0 bridgehead atoms. The Hall–Kier alpha value is -2.05. The number of hydrogen-bond acceptors (Lipinski definition) is 4. The molecule has 17 heavy (non-hydrogen) atoms. The quantitative estimate of drug-likeness (QED) is 0.632. The largest absolute Gasteiger partial charge is 0.396 e. The van der Waals surface area contributed by atoms with Crippen LogP contribution in [0, 0.1) is 5.92 Å². The van der Waals surface area contributed by atoms with Crippen molar-refractivity contribution in [1.82, 2.24) is 15.1 Å². The summed E-state index contributed by atoms with van der Waals surface area (Å²) in [6, 6.07) is 0. The Labute approximate surface area is 98.1 Å². The van der Waals surface area contributed by atoms with E-state index in [1.54, 1.807) is 4.90 Å². The van der Waals surface area contributed by atoms with Gasteiger partial charge in [-0.15, -0.1) is 0 Å². The summed E-state index contributed by atoms with van der Waals surface area (Å²) >= 11 is 0. The standard InChI is InChI=1S/C10H15N5O2/c11-7-4-13-14-8(7)10(17)15-3-1-2-6(5-15)9(12)16/h4,6H,1-3,5,11H2,(H2,12,16)(H,13,14). The van der Waals surface area contributed by atoms with Crippen LogP contribution in [0.15, 0.2) is 6.20 Å². The number of rotatable bonds is 2. The van der Waals surface area contributed by atoms with Crippen LogP contribution in [-0.4, -0.2) is 40.0 Å². The molecule has 1 atom stereocenters. The number of nitrogens with zero attached hydrogens (tertiary/aromatic N) is 2. The van der Waals surface area contributed by atoms with Gasteiger partial charge >= 0.3 is 0 Å². The molecule has 2 rings (SSSR count). The van der Waals surface area contributed by atoms with E-state index in [1.807, 2.05) is 0 Å². The molecule has 1 aromatic heterocycles. The fourth-order valence-electron chi connectivity index (χ4n) is 2.02. The normalized spacial score (nSPS) is 20.2. The van der Waals surface area contributed by atoms with Gasteiger partial charge in [-0.3, -0.25) is 14.7 Å². The molecule has 0 saturated carbocycles. The van der Waals surface area contributed by atoms with Gasteiger partial charge in [-0.05, 0) is 12.8 Å². The van der Waals surface area contributed by atoms with Crippen molar-refractivity contribution < 1.29 is 9.59 Å². The average Bonchev–Trinajstić information content (AvgIpc) is 2.74. The number of nitrogens with one attached hydrogen (secondary N) is 1. The number of likely N-dealkylation sites (tertiary alicyclic amines) is 1. The van der Waals surface area contributed by atoms with Crippen molar-refractivity contribution in [2.45, 2.75) is 12.8 Å². The summed E-state index contributed by atoms with van der Waals surface area (Å²) in [5, 5.41) is 6.27. The van der Waals surface area contributed by atoms with E-state index in [1.165, 1.54) is 6.20 Å². The molecule has 1 aliphatic rings. The molecular weight excluding hydrogens is 222 g/mol. The van der Waals surface area contributed by atoms with E-state index in [9.17, 15) is 9.59 Å². The van der Waals surface area contributed by atoms with Crippen molar-refractivity contribution in [3.8, 4) is 0 Å². The van der Waals surface area contributed by atoms with E-state index in [-0.39, 0.29) is 23.4 Å². The minimum absolute atomic E-state index is 0.231. The predicted molar refractivity (Wildman–Crippen MR) is 60.8 cm³/mol. The summed E-state index contributed by atoms with van der Waals surface area (Å²) < 4.78 is 0. The molecule has 1 saturated heterocycles. The molecule has 92 valence electrons. The van der Waals surface area contributed by atoms with Crippen molar-refractivity contribution in [3.05, 3.63) is 11.9 Å². The second-order valence-electron chi connectivity index (χ2n) is 4.19. The Bertz CT molecular complexity index is 442. The molecule has 1 fully saturated rings. The van der Waals surface area contributed by atoms with Gasteiger partial charge in [0.2, 0.25) is 5.91 Å². The van der Waals surface area contributed by atoms with Crippen molar-refractivity contribution >= 4 is 17.5 Å². The molecule has 2 heterocycles. The van der Waals surface area contributed by atoms with Gasteiger partial charge in [0.25, 0.3) is 5.91 Å². The molecular formula is C10H15N5O2. The highest BCUT2D eigenvalue weighted by atomic mass is 16.2. The van der Waals surface area contributed by atoms with Crippen LogP contribution in [0.4, 0.5) is 5.69 Å². The number of hydrogen-bond donors (Lipinski definition) is 3. The minimum Gasteiger partial charge on any atom is -0.396 e. The first kappa shape index (κ1) is 11.4. The van der Waals surface area contributed by atoms with Crippen molar-refractivity contribution in [2.75, 3.05) is 18.8 Å². The summed E-state index contributed by atoms with van der Waals surface area (Å²) in [4.78, 5) is 24.8. The first-order chi connectivity index (χ1) is 8.09. The lowest BCUT2D eigenvalue weighted by Crippen LogP contribution is -2.44. The third-order valence-electron chi connectivity index (χ3n) is 2.99. The molecule has 7 nitrogen and oxygen atoms in total. The Kier molecular flexibility index (Phi) is 2.99. The third kappa shape index (κ3) is 2.22. The summed E-state index contributed by atoms with van der Waals surface area (Å²) in [5.74, 6) is -0.858. The van der Waals surface area contributed by atoms with Gasteiger partial charge in [-0.1, -0.05) is 0 Å². The van der Waals surface area contributed by atoms with E-state index in [0.29, 0.717) is 18.8 Å². The Morgan fingerprint density at radius 3 is 2.88 bits per heavy atom. The van der Waals surface area contributed by atoms with Crippen LogP contribution in [0.5, 0.6) is 0 Å². The maximum absolute atomic E-state index is 12.1. The van der Waals surface area contributed by atoms with Crippen LogP contribution in [-0.2, 0) is 4.79 Å². The van der Waals surface area contributed by atoms with Gasteiger partial charge in [-0.25, -0.2) is 0 Å². The topological polar surface area (TPSA) is 118 Å². The zero-order valence-electron chi connectivity index (χ0n) is 9.35. The van der Waals surface area contributed by atoms with Crippen molar-refractivity contribution in [3.63, 3.8) is 0 Å². The number of anilines is 1. The SMILES string of the molecule is NC(=O)C1CCCN(C(=O)c2[nH]ncc2N)C1. The van der Waals surface area contributed by atoms with Crippen LogP contribution < -0.4 is 11.5 Å². The van der Waals surface area contributed by atoms with Crippen LogP contribution >= 0.6 is 0 Å². The van der Waals surface area contributed by atoms with Gasteiger partial charge in [0, 0.05) is 13.1 Å². The van der Waals surface area contributed by atoms with Gasteiger partial charge < -0.3 is 16.4 Å². The zero-order valence-corrected chi connectivity index (χ0v) is 9.35. The van der Waals surface area contributed by atoms with Crippen LogP contribution in [0.1, 0.15) is 23.3 Å². The summed E-state index contributed by atoms with van der Waals surface area (Å²) in [6.07, 6.45) is 2.90. The number of carbonyl (C=O) groups is 2. The fraction of sp³-hybridized carbons (Fsp3) is 0.500. The second-order valence-corrected chi connectivity index (χ2v) is 4.19. The maximum atomic E-state index is 12.1. The molecule has 1 unspecified atom stereocenters. The van der Waals surface area contributed by atoms with Crippen molar-refractivity contribution in [2.24, 2.45) is 11.7 Å². The fourth-order valence-corrected chi connectivity index (χ4v) is 2.02. The van der Waals surface area contributed by atoms with Gasteiger partial charge in [0.1, 0.15) is 5.69 Å². The highest BCUT2D eigenvalue weighted by Crippen LogP contribution is 2.19.